The molecule has 1 aliphatic heterocycles. The molecular weight excluding hydrogens is 354 g/mol. The fourth-order valence-corrected chi connectivity index (χ4v) is 3.56. The summed E-state index contributed by atoms with van der Waals surface area (Å²) in [6.45, 7) is 4.41. The highest BCUT2D eigenvalue weighted by Gasteiger charge is 2.26. The minimum atomic E-state index is -0.0822. The van der Waals surface area contributed by atoms with Gasteiger partial charge < -0.3 is 10.1 Å². The Hall–Kier alpha value is -3.22. The Bertz CT molecular complexity index is 964. The topological polar surface area (TPSA) is 92.8 Å². The van der Waals surface area contributed by atoms with Crippen LogP contribution in [-0.4, -0.2) is 38.7 Å². The number of aromatic amines is 1. The first kappa shape index (κ1) is 18.2. The number of nitrogens with zero attached hydrogens (tertiary/aromatic N) is 3. The molecule has 7 heteroatoms. The molecule has 3 aromatic rings. The maximum atomic E-state index is 12.3. The first-order chi connectivity index (χ1) is 13.6. The summed E-state index contributed by atoms with van der Waals surface area (Å²) in [5, 5.41) is 10.1. The number of hydrogen-bond acceptors (Lipinski definition) is 5. The van der Waals surface area contributed by atoms with Crippen molar-refractivity contribution in [1.82, 2.24) is 25.5 Å². The Labute approximate surface area is 163 Å². The zero-order chi connectivity index (χ0) is 19.5. The van der Waals surface area contributed by atoms with Crippen molar-refractivity contribution in [1.29, 1.82) is 0 Å². The number of hydrogen-bond donors (Lipinski definition) is 2. The first-order valence-electron chi connectivity index (χ1n) is 9.45. The number of H-pyrrole nitrogens is 1. The van der Waals surface area contributed by atoms with E-state index >= 15 is 0 Å². The molecule has 2 N–H and O–H groups in total. The second kappa shape index (κ2) is 7.80. The molecule has 2 aromatic heterocycles. The third-order valence-corrected chi connectivity index (χ3v) is 5.05. The molecule has 4 rings (SSSR count). The van der Waals surface area contributed by atoms with E-state index in [-0.39, 0.29) is 12.0 Å². The molecule has 0 unspecified atom stereocenters. The molecule has 0 radical (unpaired) electrons. The first-order valence-corrected chi connectivity index (χ1v) is 9.45. The van der Waals surface area contributed by atoms with E-state index in [1.54, 1.807) is 18.5 Å². The Balaban J connectivity index is 1.34. The predicted octanol–water partition coefficient (Wildman–Crippen LogP) is 2.54. The van der Waals surface area contributed by atoms with Gasteiger partial charge in [0.2, 0.25) is 5.91 Å². The Morgan fingerprint density at radius 3 is 2.82 bits per heavy atom. The summed E-state index contributed by atoms with van der Waals surface area (Å²) in [5.41, 5.74) is 5.10. The normalized spacial score (nSPS) is 15.1. The van der Waals surface area contributed by atoms with E-state index < -0.39 is 0 Å². The Morgan fingerprint density at radius 1 is 1.25 bits per heavy atom. The molecule has 1 aliphatic rings. The molecule has 28 heavy (non-hydrogen) atoms. The molecule has 0 fully saturated rings. The largest absolute Gasteiger partial charge is 0.487 e. The molecule has 1 atom stereocenters. The summed E-state index contributed by atoms with van der Waals surface area (Å²) in [7, 11) is 0. The van der Waals surface area contributed by atoms with Crippen LogP contribution in [-0.2, 0) is 17.6 Å². The third kappa shape index (κ3) is 3.74. The van der Waals surface area contributed by atoms with Crippen LogP contribution in [0.1, 0.15) is 28.9 Å². The second-order valence-electron chi connectivity index (χ2n) is 7.03. The molecule has 0 saturated heterocycles. The van der Waals surface area contributed by atoms with Gasteiger partial charge in [-0.1, -0.05) is 12.1 Å². The molecule has 7 nitrogen and oxygen atoms in total. The molecule has 3 heterocycles. The van der Waals surface area contributed by atoms with Gasteiger partial charge in [-0.15, -0.1) is 0 Å². The minimum Gasteiger partial charge on any atom is -0.487 e. The summed E-state index contributed by atoms with van der Waals surface area (Å²) >= 11 is 0. The van der Waals surface area contributed by atoms with Crippen LogP contribution in [0.25, 0.3) is 11.4 Å². The molecule has 0 saturated carbocycles. The van der Waals surface area contributed by atoms with E-state index in [0.29, 0.717) is 25.2 Å². The van der Waals surface area contributed by atoms with E-state index in [2.05, 4.69) is 25.5 Å². The van der Waals surface area contributed by atoms with E-state index in [0.717, 1.165) is 40.2 Å². The lowest BCUT2D eigenvalue weighted by molar-refractivity contribution is -0.121. The van der Waals surface area contributed by atoms with Gasteiger partial charge in [0.25, 0.3) is 0 Å². The highest BCUT2D eigenvalue weighted by atomic mass is 16.5. The molecule has 0 spiro atoms. The van der Waals surface area contributed by atoms with Crippen molar-refractivity contribution in [3.8, 4) is 17.1 Å². The fraction of sp³-hybridized carbons (Fsp3) is 0.333. The van der Waals surface area contributed by atoms with Crippen LogP contribution in [0.15, 0.2) is 36.7 Å². The number of fused-ring (bicyclic) bond motifs is 1. The van der Waals surface area contributed by atoms with Crippen LogP contribution in [0.3, 0.4) is 0 Å². The third-order valence-electron chi connectivity index (χ3n) is 5.05. The molecule has 0 bridgehead atoms. The van der Waals surface area contributed by atoms with Gasteiger partial charge in [0.15, 0.2) is 5.82 Å². The summed E-state index contributed by atoms with van der Waals surface area (Å²) in [6, 6.07) is 7.79. The zero-order valence-corrected chi connectivity index (χ0v) is 16.0. The number of benzene rings is 1. The predicted molar refractivity (Wildman–Crippen MR) is 105 cm³/mol. The lowest BCUT2D eigenvalue weighted by Crippen LogP contribution is -2.34. The highest BCUT2D eigenvalue weighted by Crippen LogP contribution is 2.37. The van der Waals surface area contributed by atoms with Gasteiger partial charge in [0, 0.05) is 30.9 Å². The maximum absolute atomic E-state index is 12.3. The number of para-hydroxylation sites is 1. The number of carbonyl (C=O) groups excluding carboxylic acids is 1. The summed E-state index contributed by atoms with van der Waals surface area (Å²) in [4.78, 5) is 20.9. The number of carbonyl (C=O) groups is 1. The van der Waals surface area contributed by atoms with Crippen molar-refractivity contribution in [3.05, 3.63) is 59.2 Å². The number of aryl methyl sites for hydroxylation is 2. The zero-order valence-electron chi connectivity index (χ0n) is 16.0. The monoisotopic (exact) mass is 377 g/mol. The second-order valence-corrected chi connectivity index (χ2v) is 7.03. The van der Waals surface area contributed by atoms with Crippen molar-refractivity contribution in [3.63, 3.8) is 0 Å². The van der Waals surface area contributed by atoms with Gasteiger partial charge in [-0.05, 0) is 43.5 Å². The van der Waals surface area contributed by atoms with Gasteiger partial charge in [0.05, 0.1) is 17.8 Å². The Kier molecular flexibility index (Phi) is 5.06. The smallest absolute Gasteiger partial charge is 0.220 e. The SMILES string of the molecule is Cc1n[nH]c(C)c1CCC(=O)NC[C@@H]1Cc2cccc(-c3ncccn3)c2O1. The van der Waals surface area contributed by atoms with E-state index in [1.807, 2.05) is 32.0 Å². The van der Waals surface area contributed by atoms with E-state index in [1.165, 1.54) is 0 Å². The summed E-state index contributed by atoms with van der Waals surface area (Å²) in [5.74, 6) is 1.48. The molecule has 0 aliphatic carbocycles. The molecular formula is C21H23N5O2. The van der Waals surface area contributed by atoms with E-state index in [9.17, 15) is 4.79 Å². The van der Waals surface area contributed by atoms with Crippen LogP contribution < -0.4 is 10.1 Å². The molecule has 144 valence electrons. The lowest BCUT2D eigenvalue weighted by Gasteiger charge is -2.13. The number of ether oxygens (including phenoxy) is 1. The van der Waals surface area contributed by atoms with Gasteiger partial charge in [-0.3, -0.25) is 9.89 Å². The van der Waals surface area contributed by atoms with Crippen molar-refractivity contribution in [2.45, 2.75) is 39.2 Å². The quantitative estimate of drug-likeness (QED) is 0.689. The molecule has 1 amide bonds. The van der Waals surface area contributed by atoms with Gasteiger partial charge in [0.1, 0.15) is 11.9 Å². The van der Waals surface area contributed by atoms with Crippen LogP contribution in [0.2, 0.25) is 0 Å². The van der Waals surface area contributed by atoms with Crippen molar-refractivity contribution < 1.29 is 9.53 Å². The van der Waals surface area contributed by atoms with Crippen LogP contribution >= 0.6 is 0 Å². The van der Waals surface area contributed by atoms with Crippen molar-refractivity contribution in [2.75, 3.05) is 6.54 Å². The van der Waals surface area contributed by atoms with Gasteiger partial charge >= 0.3 is 0 Å². The van der Waals surface area contributed by atoms with Crippen molar-refractivity contribution >= 4 is 5.91 Å². The number of amides is 1. The maximum Gasteiger partial charge on any atom is 0.220 e. The van der Waals surface area contributed by atoms with Gasteiger partial charge in [-0.25, -0.2) is 9.97 Å². The summed E-state index contributed by atoms with van der Waals surface area (Å²) < 4.78 is 6.12. The molecule has 1 aromatic carbocycles. The van der Waals surface area contributed by atoms with E-state index in [4.69, 9.17) is 4.74 Å². The van der Waals surface area contributed by atoms with Gasteiger partial charge in [-0.2, -0.15) is 5.10 Å². The lowest BCUT2D eigenvalue weighted by atomic mass is 10.1. The average molecular weight is 377 g/mol. The summed E-state index contributed by atoms with van der Waals surface area (Å²) in [6.07, 6.45) is 5.23. The highest BCUT2D eigenvalue weighted by molar-refractivity contribution is 5.76. The Morgan fingerprint density at radius 2 is 2.07 bits per heavy atom. The fourth-order valence-electron chi connectivity index (χ4n) is 3.56. The average Bonchev–Trinajstić information content (AvgIpc) is 3.28. The number of nitrogens with one attached hydrogen (secondary N) is 2. The van der Waals surface area contributed by atoms with Crippen molar-refractivity contribution in [2.24, 2.45) is 0 Å². The number of aromatic nitrogens is 4. The van der Waals surface area contributed by atoms with Crippen LogP contribution in [0.5, 0.6) is 5.75 Å². The number of rotatable bonds is 6. The minimum absolute atomic E-state index is 0.0196. The standard InChI is InChI=1S/C21H23N5O2/c1-13-17(14(2)26-25-13)7-8-19(27)24-12-16-11-15-5-3-6-18(20(15)28-16)21-22-9-4-10-23-21/h3-6,9-10,16H,7-8,11-12H2,1-2H3,(H,24,27)(H,25,26)/t16-/m0/s1. The van der Waals surface area contributed by atoms with Crippen LogP contribution in [0.4, 0.5) is 0 Å². The van der Waals surface area contributed by atoms with Crippen LogP contribution in [0, 0.1) is 13.8 Å².